The minimum Gasteiger partial charge on any atom is -0.309 e. The third-order valence-electron chi connectivity index (χ3n) is 2.67. The maximum Gasteiger partial charge on any atom is 0.159 e. The molecular weight excluding hydrogens is 174 g/mol. The summed E-state index contributed by atoms with van der Waals surface area (Å²) in [6.45, 7) is 1.10. The Morgan fingerprint density at radius 2 is 2.21 bits per heavy atom. The van der Waals surface area contributed by atoms with E-state index in [0.29, 0.717) is 6.04 Å². The van der Waals surface area contributed by atoms with Gasteiger partial charge in [-0.1, -0.05) is 0 Å². The highest BCUT2D eigenvalue weighted by Crippen LogP contribution is 2.22. The van der Waals surface area contributed by atoms with Crippen LogP contribution in [0.4, 0.5) is 0 Å². The predicted octanol–water partition coefficient (Wildman–Crippen LogP) is 1.66. The van der Waals surface area contributed by atoms with Crippen molar-refractivity contribution in [3.63, 3.8) is 0 Å². The van der Waals surface area contributed by atoms with Crippen molar-refractivity contribution >= 4 is 11.0 Å². The molecule has 1 saturated heterocycles. The first kappa shape index (κ1) is 7.88. The molecule has 70 valence electrons. The molecule has 1 atom stereocenters. The minimum absolute atomic E-state index is 0.446. The van der Waals surface area contributed by atoms with Crippen LogP contribution in [0.5, 0.6) is 0 Å². The largest absolute Gasteiger partial charge is 0.309 e. The van der Waals surface area contributed by atoms with Crippen LogP contribution in [0.2, 0.25) is 0 Å². The van der Waals surface area contributed by atoms with Crippen LogP contribution in [0.25, 0.3) is 11.0 Å². The normalized spacial score (nSPS) is 20.7. The summed E-state index contributed by atoms with van der Waals surface area (Å²) < 4.78 is 0. The Hall–Kier alpha value is -1.48. The van der Waals surface area contributed by atoms with Gasteiger partial charge in [-0.05, 0) is 37.2 Å². The van der Waals surface area contributed by atoms with Crippen molar-refractivity contribution < 1.29 is 0 Å². The quantitative estimate of drug-likeness (QED) is 0.734. The Morgan fingerprint density at radius 1 is 1.29 bits per heavy atom. The molecule has 1 fully saturated rings. The third kappa shape index (κ3) is 1.17. The lowest BCUT2D eigenvalue weighted by Crippen LogP contribution is -2.35. The second-order valence-electron chi connectivity index (χ2n) is 3.58. The van der Waals surface area contributed by atoms with Gasteiger partial charge in [0.2, 0.25) is 0 Å². The van der Waals surface area contributed by atoms with Gasteiger partial charge in [-0.3, -0.25) is 0 Å². The van der Waals surface area contributed by atoms with E-state index in [-0.39, 0.29) is 0 Å². The van der Waals surface area contributed by atoms with E-state index < -0.39 is 0 Å². The fourth-order valence-electron chi connectivity index (χ4n) is 1.70. The third-order valence-corrected chi connectivity index (χ3v) is 2.67. The zero-order valence-electron chi connectivity index (χ0n) is 7.77. The fraction of sp³-hybridized carbons (Fsp3) is 0.273. The number of hydrogen-bond donors (Lipinski definition) is 1. The summed E-state index contributed by atoms with van der Waals surface area (Å²) in [5.74, 6) is 0. The van der Waals surface area contributed by atoms with Gasteiger partial charge in [-0.25, -0.2) is 9.97 Å². The molecule has 0 radical (unpaired) electrons. The van der Waals surface area contributed by atoms with Crippen molar-refractivity contribution in [1.29, 1.82) is 0 Å². The maximum atomic E-state index is 4.52. The van der Waals surface area contributed by atoms with E-state index in [2.05, 4.69) is 27.4 Å². The highest BCUT2D eigenvalue weighted by Gasteiger charge is 2.19. The number of pyridine rings is 2. The van der Waals surface area contributed by atoms with Crippen LogP contribution in [0, 0.1) is 0 Å². The molecule has 3 heteroatoms. The van der Waals surface area contributed by atoms with Gasteiger partial charge in [0, 0.05) is 11.6 Å². The smallest absolute Gasteiger partial charge is 0.159 e. The standard InChI is InChI=1S/C11H11N3/c1-2-8-3-4-10(9-5-7-12-9)14-11(8)13-6-1/h1-4,6,9,12H,5,7H2. The summed E-state index contributed by atoms with van der Waals surface area (Å²) >= 11 is 0. The van der Waals surface area contributed by atoms with Crippen molar-refractivity contribution in [3.8, 4) is 0 Å². The van der Waals surface area contributed by atoms with Gasteiger partial charge in [-0.15, -0.1) is 0 Å². The number of nitrogens with one attached hydrogen (secondary N) is 1. The number of fused-ring (bicyclic) bond motifs is 1. The molecule has 2 aromatic rings. The first-order valence-corrected chi connectivity index (χ1v) is 4.88. The molecule has 0 bridgehead atoms. The van der Waals surface area contributed by atoms with E-state index in [1.807, 2.05) is 12.1 Å². The van der Waals surface area contributed by atoms with Crippen LogP contribution in [-0.4, -0.2) is 16.5 Å². The molecule has 1 aliphatic rings. The molecule has 0 spiro atoms. The fourth-order valence-corrected chi connectivity index (χ4v) is 1.70. The van der Waals surface area contributed by atoms with Crippen LogP contribution >= 0.6 is 0 Å². The second kappa shape index (κ2) is 3.03. The Bertz CT molecular complexity index is 463. The summed E-state index contributed by atoms with van der Waals surface area (Å²) in [5.41, 5.74) is 1.96. The van der Waals surface area contributed by atoms with Gasteiger partial charge in [-0.2, -0.15) is 0 Å². The lowest BCUT2D eigenvalue weighted by atomic mass is 10.0. The number of rotatable bonds is 1. The van der Waals surface area contributed by atoms with E-state index in [0.717, 1.165) is 23.3 Å². The number of hydrogen-bond acceptors (Lipinski definition) is 3. The van der Waals surface area contributed by atoms with Crippen molar-refractivity contribution in [2.75, 3.05) is 6.54 Å². The van der Waals surface area contributed by atoms with Gasteiger partial charge in [0.1, 0.15) is 0 Å². The SMILES string of the molecule is c1cnc2nc(C3CCN3)ccc2c1. The van der Waals surface area contributed by atoms with Gasteiger partial charge >= 0.3 is 0 Å². The molecule has 0 amide bonds. The molecule has 3 heterocycles. The molecule has 1 unspecified atom stereocenters. The zero-order chi connectivity index (χ0) is 9.38. The molecule has 0 aromatic carbocycles. The van der Waals surface area contributed by atoms with Crippen LogP contribution < -0.4 is 5.32 Å². The van der Waals surface area contributed by atoms with E-state index in [4.69, 9.17) is 0 Å². The average molecular weight is 185 g/mol. The van der Waals surface area contributed by atoms with Crippen molar-refractivity contribution in [2.24, 2.45) is 0 Å². The van der Waals surface area contributed by atoms with Crippen molar-refractivity contribution in [1.82, 2.24) is 15.3 Å². The summed E-state index contributed by atoms with van der Waals surface area (Å²) in [4.78, 5) is 8.77. The monoisotopic (exact) mass is 185 g/mol. The molecular formula is C11H11N3. The molecule has 14 heavy (non-hydrogen) atoms. The molecule has 0 saturated carbocycles. The first-order chi connectivity index (χ1) is 6.93. The Morgan fingerprint density at radius 3 is 3.00 bits per heavy atom. The first-order valence-electron chi connectivity index (χ1n) is 4.88. The average Bonchev–Trinajstić information content (AvgIpc) is 2.15. The molecule has 1 aliphatic heterocycles. The Kier molecular flexibility index (Phi) is 1.70. The molecule has 2 aromatic heterocycles. The van der Waals surface area contributed by atoms with Gasteiger partial charge in [0.25, 0.3) is 0 Å². The summed E-state index contributed by atoms with van der Waals surface area (Å²) in [6.07, 6.45) is 2.97. The molecule has 0 aliphatic carbocycles. The van der Waals surface area contributed by atoms with Gasteiger partial charge in [0.05, 0.1) is 11.7 Å². The topological polar surface area (TPSA) is 37.8 Å². The number of aromatic nitrogens is 2. The summed E-state index contributed by atoms with van der Waals surface area (Å²) in [6, 6.07) is 8.59. The maximum absolute atomic E-state index is 4.52. The second-order valence-corrected chi connectivity index (χ2v) is 3.58. The zero-order valence-corrected chi connectivity index (χ0v) is 7.77. The molecule has 3 nitrogen and oxygen atoms in total. The van der Waals surface area contributed by atoms with Gasteiger partial charge in [0.15, 0.2) is 5.65 Å². The van der Waals surface area contributed by atoms with Gasteiger partial charge < -0.3 is 5.32 Å². The van der Waals surface area contributed by atoms with E-state index in [1.54, 1.807) is 6.20 Å². The van der Waals surface area contributed by atoms with E-state index >= 15 is 0 Å². The van der Waals surface area contributed by atoms with E-state index in [1.165, 1.54) is 6.42 Å². The lowest BCUT2D eigenvalue weighted by molar-refractivity contribution is 0.376. The number of nitrogens with zero attached hydrogens (tertiary/aromatic N) is 2. The Labute approximate surface area is 82.2 Å². The van der Waals surface area contributed by atoms with Crippen LogP contribution in [-0.2, 0) is 0 Å². The summed E-state index contributed by atoms with van der Waals surface area (Å²) in [7, 11) is 0. The Balaban J connectivity index is 2.10. The van der Waals surface area contributed by atoms with Crippen LogP contribution in [0.3, 0.4) is 0 Å². The predicted molar refractivity (Wildman–Crippen MR) is 54.9 cm³/mol. The van der Waals surface area contributed by atoms with Crippen molar-refractivity contribution in [3.05, 3.63) is 36.2 Å². The van der Waals surface area contributed by atoms with Crippen LogP contribution in [0.1, 0.15) is 18.2 Å². The molecule has 3 rings (SSSR count). The van der Waals surface area contributed by atoms with E-state index in [9.17, 15) is 0 Å². The molecule has 1 N–H and O–H groups in total. The minimum atomic E-state index is 0.446. The highest BCUT2D eigenvalue weighted by molar-refractivity contribution is 5.74. The van der Waals surface area contributed by atoms with Crippen molar-refractivity contribution in [2.45, 2.75) is 12.5 Å². The summed E-state index contributed by atoms with van der Waals surface area (Å²) in [5, 5.41) is 4.44. The highest BCUT2D eigenvalue weighted by atomic mass is 15.0. The lowest BCUT2D eigenvalue weighted by Gasteiger charge is -2.26. The van der Waals surface area contributed by atoms with Crippen LogP contribution in [0.15, 0.2) is 30.5 Å².